The molecule has 0 aromatic heterocycles. The molecule has 1 fully saturated rings. The van der Waals surface area contributed by atoms with Gasteiger partial charge in [-0.1, -0.05) is 0 Å². The van der Waals surface area contributed by atoms with Crippen molar-refractivity contribution in [2.24, 2.45) is 0 Å². The van der Waals surface area contributed by atoms with Gasteiger partial charge in [-0.25, -0.2) is 12.7 Å². The number of hydrogen-bond donors (Lipinski definition) is 1. The Bertz CT molecular complexity index is 400. The van der Waals surface area contributed by atoms with Crippen LogP contribution in [0.2, 0.25) is 0 Å². The van der Waals surface area contributed by atoms with Crippen LogP contribution in [0.25, 0.3) is 0 Å². The van der Waals surface area contributed by atoms with Crippen molar-refractivity contribution in [3.8, 4) is 0 Å². The van der Waals surface area contributed by atoms with Gasteiger partial charge in [0.1, 0.15) is 0 Å². The zero-order valence-corrected chi connectivity index (χ0v) is 10.6. The number of carbonyl (C=O) groups is 1. The minimum Gasteiger partial charge on any atom is -0.345 e. The van der Waals surface area contributed by atoms with E-state index >= 15 is 0 Å². The lowest BCUT2D eigenvalue weighted by molar-refractivity contribution is -0.174. The minimum atomic E-state index is -4.90. The summed E-state index contributed by atoms with van der Waals surface area (Å²) < 4.78 is 60.3. The molecule has 5 nitrogen and oxygen atoms in total. The van der Waals surface area contributed by atoms with Crippen LogP contribution in [0.1, 0.15) is 19.8 Å². The van der Waals surface area contributed by atoms with Crippen molar-refractivity contribution in [2.45, 2.75) is 32.0 Å². The first-order valence-corrected chi connectivity index (χ1v) is 7.13. The Morgan fingerprint density at radius 1 is 1.33 bits per heavy atom. The number of rotatable bonds is 3. The van der Waals surface area contributed by atoms with Crippen LogP contribution in [0.15, 0.2) is 0 Å². The molecule has 0 aromatic rings. The predicted octanol–water partition coefficient (Wildman–Crippen LogP) is 0.479. The number of halogens is 3. The van der Waals surface area contributed by atoms with Gasteiger partial charge in [0.25, 0.3) is 0 Å². The van der Waals surface area contributed by atoms with Crippen LogP contribution in [0.3, 0.4) is 0 Å². The van der Waals surface area contributed by atoms with Gasteiger partial charge in [-0.05, 0) is 19.8 Å². The van der Waals surface area contributed by atoms with E-state index in [9.17, 15) is 26.4 Å². The Kier molecular flexibility index (Phi) is 4.60. The molecule has 1 saturated heterocycles. The molecule has 1 amide bonds. The molecule has 0 atom stereocenters. The van der Waals surface area contributed by atoms with Crippen LogP contribution in [-0.2, 0) is 14.8 Å². The van der Waals surface area contributed by atoms with E-state index in [0.29, 0.717) is 0 Å². The quantitative estimate of drug-likeness (QED) is 0.821. The second-order valence-corrected chi connectivity index (χ2v) is 6.30. The van der Waals surface area contributed by atoms with Crippen molar-refractivity contribution in [3.05, 3.63) is 0 Å². The van der Waals surface area contributed by atoms with Gasteiger partial charge < -0.3 is 5.32 Å². The molecule has 1 aliphatic heterocycles. The predicted molar refractivity (Wildman–Crippen MR) is 58.3 cm³/mol. The normalized spacial score (nSPS) is 19.8. The fourth-order valence-electron chi connectivity index (χ4n) is 1.73. The Labute approximate surface area is 103 Å². The Morgan fingerprint density at radius 3 is 2.22 bits per heavy atom. The van der Waals surface area contributed by atoms with Crippen molar-refractivity contribution in [1.29, 1.82) is 0 Å². The highest BCUT2D eigenvalue weighted by Gasteiger charge is 2.40. The van der Waals surface area contributed by atoms with Crippen LogP contribution >= 0.6 is 0 Å². The minimum absolute atomic E-state index is 0.0351. The van der Waals surface area contributed by atoms with Crippen molar-refractivity contribution >= 4 is 15.9 Å². The summed E-state index contributed by atoms with van der Waals surface area (Å²) in [6.45, 7) is 1.78. The second kappa shape index (κ2) is 5.43. The molecule has 1 aliphatic rings. The van der Waals surface area contributed by atoms with E-state index in [1.807, 2.05) is 5.32 Å². The third-order valence-electron chi connectivity index (χ3n) is 2.80. The Hall–Kier alpha value is -0.830. The highest BCUT2D eigenvalue weighted by atomic mass is 32.2. The summed E-state index contributed by atoms with van der Waals surface area (Å²) in [4.78, 5) is 10.7. The molecule has 0 aromatic carbocycles. The summed E-state index contributed by atoms with van der Waals surface area (Å²) in [5.41, 5.74) is 0. The van der Waals surface area contributed by atoms with E-state index in [-0.39, 0.29) is 31.7 Å². The maximum absolute atomic E-state index is 12.0. The number of carbonyl (C=O) groups excluding carboxylic acids is 1. The summed E-state index contributed by atoms with van der Waals surface area (Å²) in [6.07, 6.45) is -4.51. The van der Waals surface area contributed by atoms with Gasteiger partial charge in [0.15, 0.2) is 0 Å². The van der Waals surface area contributed by atoms with E-state index in [1.165, 1.54) is 11.2 Å². The number of sulfonamides is 1. The van der Waals surface area contributed by atoms with Crippen LogP contribution in [0.4, 0.5) is 13.2 Å². The topological polar surface area (TPSA) is 66.5 Å². The summed E-state index contributed by atoms with van der Waals surface area (Å²) in [7, 11) is -3.30. The number of piperidine rings is 1. The largest absolute Gasteiger partial charge is 0.471 e. The number of nitrogens with one attached hydrogen (secondary N) is 1. The molecule has 1 N–H and O–H groups in total. The van der Waals surface area contributed by atoms with Crippen molar-refractivity contribution < 1.29 is 26.4 Å². The lowest BCUT2D eigenvalue weighted by Crippen LogP contribution is -2.49. The Balaban J connectivity index is 2.48. The molecule has 9 heteroatoms. The van der Waals surface area contributed by atoms with E-state index in [4.69, 9.17) is 0 Å². The summed E-state index contributed by atoms with van der Waals surface area (Å²) in [5, 5.41) is 1.86. The fraction of sp³-hybridized carbons (Fsp3) is 0.889. The van der Waals surface area contributed by atoms with Crippen molar-refractivity contribution in [2.75, 3.05) is 18.8 Å². The van der Waals surface area contributed by atoms with Gasteiger partial charge >= 0.3 is 12.1 Å². The van der Waals surface area contributed by atoms with Crippen molar-refractivity contribution in [3.63, 3.8) is 0 Å². The fourth-order valence-corrected chi connectivity index (χ4v) is 2.86. The van der Waals surface area contributed by atoms with E-state index in [0.717, 1.165) is 0 Å². The van der Waals surface area contributed by atoms with Gasteiger partial charge in [0, 0.05) is 19.1 Å². The Morgan fingerprint density at radius 2 is 1.83 bits per heavy atom. The summed E-state index contributed by atoms with van der Waals surface area (Å²) in [6, 6.07) is -0.623. The second-order valence-electron chi connectivity index (χ2n) is 4.05. The molecule has 106 valence electrons. The molecule has 0 spiro atoms. The van der Waals surface area contributed by atoms with Crippen LogP contribution in [0.5, 0.6) is 0 Å². The summed E-state index contributed by atoms with van der Waals surface area (Å²) >= 11 is 0. The number of amides is 1. The summed E-state index contributed by atoms with van der Waals surface area (Å²) in [5.74, 6) is -2.01. The van der Waals surface area contributed by atoms with Crippen molar-refractivity contribution in [1.82, 2.24) is 9.62 Å². The number of nitrogens with zero attached hydrogens (tertiary/aromatic N) is 1. The van der Waals surface area contributed by atoms with Gasteiger partial charge in [-0.15, -0.1) is 0 Å². The van der Waals surface area contributed by atoms with Gasteiger partial charge in [0.05, 0.1) is 5.75 Å². The van der Waals surface area contributed by atoms with E-state index < -0.39 is 28.1 Å². The lowest BCUT2D eigenvalue weighted by Gasteiger charge is -2.31. The zero-order valence-electron chi connectivity index (χ0n) is 9.83. The third-order valence-corrected chi connectivity index (χ3v) is 4.69. The number of hydrogen-bond acceptors (Lipinski definition) is 3. The average molecular weight is 288 g/mol. The zero-order chi connectivity index (χ0) is 14.0. The number of alkyl halides is 3. The van der Waals surface area contributed by atoms with E-state index in [2.05, 4.69) is 0 Å². The van der Waals surface area contributed by atoms with Gasteiger partial charge in [0.2, 0.25) is 10.0 Å². The molecule has 1 rings (SSSR count). The molecule has 18 heavy (non-hydrogen) atoms. The molecule has 0 aliphatic carbocycles. The lowest BCUT2D eigenvalue weighted by atomic mass is 10.1. The first kappa shape index (κ1) is 15.2. The van der Waals surface area contributed by atoms with Gasteiger partial charge in [-0.2, -0.15) is 13.2 Å². The molecular formula is C9H15F3N2O3S. The van der Waals surface area contributed by atoms with E-state index in [1.54, 1.807) is 0 Å². The maximum Gasteiger partial charge on any atom is 0.471 e. The van der Waals surface area contributed by atoms with Crippen LogP contribution < -0.4 is 5.32 Å². The standard InChI is InChI=1S/C9H15F3N2O3S/c1-2-18(16,17)14-5-3-7(4-6-14)13-8(15)9(10,11)12/h7H,2-6H2,1H3,(H,13,15). The maximum atomic E-state index is 12.0. The molecular weight excluding hydrogens is 273 g/mol. The SMILES string of the molecule is CCS(=O)(=O)N1CCC(NC(=O)C(F)(F)F)CC1. The monoisotopic (exact) mass is 288 g/mol. The molecule has 0 unspecified atom stereocenters. The highest BCUT2D eigenvalue weighted by molar-refractivity contribution is 7.89. The van der Waals surface area contributed by atoms with Crippen LogP contribution in [0, 0.1) is 0 Å². The first-order valence-electron chi connectivity index (χ1n) is 5.52. The molecule has 1 heterocycles. The molecule has 0 bridgehead atoms. The van der Waals surface area contributed by atoms with Gasteiger partial charge in [-0.3, -0.25) is 4.79 Å². The van der Waals surface area contributed by atoms with Crippen LogP contribution in [-0.4, -0.2) is 49.7 Å². The first-order chi connectivity index (χ1) is 8.16. The third kappa shape index (κ3) is 3.84. The smallest absolute Gasteiger partial charge is 0.345 e. The molecule has 0 saturated carbocycles. The average Bonchev–Trinajstić information content (AvgIpc) is 2.28. The highest BCUT2D eigenvalue weighted by Crippen LogP contribution is 2.18. The molecule has 0 radical (unpaired) electrons.